The summed E-state index contributed by atoms with van der Waals surface area (Å²) in [5.41, 5.74) is 0.681. The van der Waals surface area contributed by atoms with E-state index in [1.807, 2.05) is 0 Å². The largest absolute Gasteiger partial charge is 0.460 e. The first-order valence-electron chi connectivity index (χ1n) is 5.21. The van der Waals surface area contributed by atoms with Crippen LogP contribution >= 0.6 is 0 Å². The molecule has 0 bridgehead atoms. The van der Waals surface area contributed by atoms with Crippen molar-refractivity contribution in [1.29, 1.82) is 0 Å². The molecule has 0 saturated heterocycles. The van der Waals surface area contributed by atoms with Gasteiger partial charge >= 0.3 is 0 Å². The van der Waals surface area contributed by atoms with Crippen molar-refractivity contribution in [3.05, 3.63) is 18.7 Å². The highest BCUT2D eigenvalue weighted by Gasteiger charge is 2.05. The van der Waals surface area contributed by atoms with Crippen LogP contribution < -0.4 is 0 Å². The maximum Gasteiger partial charge on any atom is 0.157 e. The van der Waals surface area contributed by atoms with Gasteiger partial charge in [-0.1, -0.05) is 6.58 Å². The second-order valence-corrected chi connectivity index (χ2v) is 4.42. The molecular weight excluding hydrogens is 174 g/mol. The molecule has 2 heteroatoms. The summed E-state index contributed by atoms with van der Waals surface area (Å²) < 4.78 is 0.918. The van der Waals surface area contributed by atoms with Crippen LogP contribution in [0.15, 0.2) is 12.2 Å². The van der Waals surface area contributed by atoms with Gasteiger partial charge in [-0.15, -0.1) is 13.5 Å². The summed E-state index contributed by atoms with van der Waals surface area (Å²) in [5.74, 6) is 0.204. The molecule has 0 spiro atoms. The van der Waals surface area contributed by atoms with Crippen molar-refractivity contribution in [3.63, 3.8) is 0 Å². The number of unbranched alkanes of at least 4 members (excludes halogenated alkanes) is 1. The van der Waals surface area contributed by atoms with E-state index >= 15 is 0 Å². The summed E-state index contributed by atoms with van der Waals surface area (Å²) in [6, 6.07) is 0. The van der Waals surface area contributed by atoms with Crippen LogP contribution in [0.25, 0.3) is 0 Å². The second-order valence-electron chi connectivity index (χ2n) is 4.42. The topological polar surface area (TPSA) is 17.1 Å². The van der Waals surface area contributed by atoms with Gasteiger partial charge in [-0.25, -0.2) is 0 Å². The summed E-state index contributed by atoms with van der Waals surface area (Å²) in [7, 11) is 4.33. The molecule has 0 amide bonds. The van der Waals surface area contributed by atoms with Crippen LogP contribution in [0.4, 0.5) is 0 Å². The molecule has 14 heavy (non-hydrogen) atoms. The van der Waals surface area contributed by atoms with Crippen molar-refractivity contribution in [2.45, 2.75) is 33.1 Å². The second kappa shape index (κ2) is 5.97. The standard InChI is InChI=1S/C12H23NO/c1-6-13(4,5)10-8-7-9-12(14)11(2)3/h6H,2,7-10H2,1,3-5H3. The first kappa shape index (κ1) is 13.4. The average molecular weight is 197 g/mol. The normalized spacial score (nSPS) is 11.4. The molecule has 0 radical (unpaired) electrons. The lowest BCUT2D eigenvalue weighted by atomic mass is 10.1. The van der Waals surface area contributed by atoms with E-state index in [0.717, 1.165) is 23.9 Å². The van der Waals surface area contributed by atoms with E-state index in [4.69, 9.17) is 0 Å². The van der Waals surface area contributed by atoms with Crippen molar-refractivity contribution < 1.29 is 9.28 Å². The molecule has 0 atom stereocenters. The number of carbonyl (C=O) groups excluding carboxylic acids is 1. The van der Waals surface area contributed by atoms with Crippen molar-refractivity contribution >= 4 is 5.78 Å². The maximum atomic E-state index is 11.2. The van der Waals surface area contributed by atoms with Crippen LogP contribution in [-0.2, 0) is 4.79 Å². The lowest BCUT2D eigenvalue weighted by Crippen LogP contribution is -2.36. The predicted molar refractivity (Wildman–Crippen MR) is 60.6 cm³/mol. The van der Waals surface area contributed by atoms with Gasteiger partial charge in [0.1, 0.15) is 0 Å². The molecule has 0 aromatic heterocycles. The van der Waals surface area contributed by atoms with Gasteiger partial charge in [-0.3, -0.25) is 4.79 Å². The van der Waals surface area contributed by atoms with Crippen molar-refractivity contribution in [1.82, 2.24) is 0 Å². The monoisotopic (exact) mass is 197 g/mol. The number of quaternary nitrogens is 1. The molecule has 0 unspecified atom stereocenters. The van der Waals surface area contributed by atoms with E-state index in [1.54, 1.807) is 6.92 Å². The zero-order chi connectivity index (χ0) is 11.2. The minimum absolute atomic E-state index is 0.204. The molecule has 0 heterocycles. The Balaban J connectivity index is 3.57. The Morgan fingerprint density at radius 2 is 1.93 bits per heavy atom. The van der Waals surface area contributed by atoms with Crippen LogP contribution in [0.5, 0.6) is 0 Å². The molecule has 0 N–H and O–H groups in total. The fraction of sp³-hybridized carbons (Fsp3) is 0.667. The number of rotatable bonds is 7. The highest BCUT2D eigenvalue weighted by Crippen LogP contribution is 2.07. The number of hydrogen-bond acceptors (Lipinski definition) is 1. The molecule has 0 aromatic carbocycles. The molecule has 2 nitrogen and oxygen atoms in total. The van der Waals surface area contributed by atoms with Gasteiger partial charge in [-0.2, -0.15) is 0 Å². The maximum absolute atomic E-state index is 11.2. The summed E-state index contributed by atoms with van der Waals surface area (Å²) in [6.45, 7) is 10.8. The summed E-state index contributed by atoms with van der Waals surface area (Å²) in [5, 5.41) is 0. The molecule has 0 rings (SSSR count). The number of allylic oxidation sites excluding steroid dienone is 1. The molecular formula is C12H23NO. The highest BCUT2D eigenvalue weighted by atomic mass is 16.1. The molecule has 0 aromatic rings. The first-order chi connectivity index (χ1) is 6.39. The van der Waals surface area contributed by atoms with E-state index in [2.05, 4.69) is 34.1 Å². The van der Waals surface area contributed by atoms with Gasteiger partial charge in [0.15, 0.2) is 5.78 Å². The molecule has 0 aliphatic heterocycles. The third-order valence-electron chi connectivity index (χ3n) is 2.56. The smallest absolute Gasteiger partial charge is 0.157 e. The number of ketones is 1. The molecule has 0 aliphatic rings. The fourth-order valence-corrected chi connectivity index (χ4v) is 1.15. The van der Waals surface area contributed by atoms with Gasteiger partial charge in [0.25, 0.3) is 0 Å². The summed E-state index contributed by atoms with van der Waals surface area (Å²) in [6.07, 6.45) is 2.72. The van der Waals surface area contributed by atoms with Gasteiger partial charge in [-0.05, 0) is 25.3 Å². The third kappa shape index (κ3) is 5.92. The average Bonchev–Trinajstić information content (AvgIpc) is 2.12. The Morgan fingerprint density at radius 1 is 1.36 bits per heavy atom. The van der Waals surface area contributed by atoms with Crippen LogP contribution in [0.3, 0.4) is 0 Å². The lowest BCUT2D eigenvalue weighted by Gasteiger charge is -2.38. The Labute approximate surface area is 88.2 Å². The van der Waals surface area contributed by atoms with Crippen molar-refractivity contribution in [2.24, 2.45) is 0 Å². The van der Waals surface area contributed by atoms with Crippen molar-refractivity contribution in [2.75, 3.05) is 20.6 Å². The highest BCUT2D eigenvalue weighted by molar-refractivity contribution is 5.93. The minimum Gasteiger partial charge on any atom is -0.460 e. The van der Waals surface area contributed by atoms with E-state index in [0.29, 0.717) is 12.0 Å². The molecule has 0 saturated carbocycles. The zero-order valence-corrected chi connectivity index (χ0v) is 9.97. The Hall–Kier alpha value is -0.630. The summed E-state index contributed by atoms with van der Waals surface area (Å²) in [4.78, 5) is 11.2. The lowest BCUT2D eigenvalue weighted by molar-refractivity contribution is -0.860. The quantitative estimate of drug-likeness (QED) is 0.265. The van der Waals surface area contributed by atoms with Gasteiger partial charge in [0.05, 0.1) is 6.54 Å². The summed E-state index contributed by atoms with van der Waals surface area (Å²) >= 11 is 0. The Bertz CT molecular complexity index is 206. The molecule has 0 aliphatic carbocycles. The molecule has 82 valence electrons. The minimum atomic E-state index is 0.204. The number of carbonyl (C=O) groups is 1. The number of nitrogens with zero attached hydrogens (tertiary/aromatic N) is 1. The Kier molecular flexibility index (Phi) is 5.70. The fourth-order valence-electron chi connectivity index (χ4n) is 1.15. The van der Waals surface area contributed by atoms with Crippen LogP contribution in [0, 0.1) is 6.54 Å². The number of hydrogen-bond donors (Lipinski definition) is 0. The SMILES string of the molecule is C=C(C)C(=O)CCCC[N+](C)(C)[CH-]C. The number of Topliss-reactive ketones (excluding diaryl/α,β-unsaturated/α-hetero) is 1. The third-order valence-corrected chi connectivity index (χ3v) is 2.56. The molecule has 0 fully saturated rings. The van der Waals surface area contributed by atoms with Gasteiger partial charge in [0.2, 0.25) is 0 Å². The predicted octanol–water partition coefficient (Wildman–Crippen LogP) is 2.56. The van der Waals surface area contributed by atoms with Crippen LogP contribution in [0.2, 0.25) is 0 Å². The van der Waals surface area contributed by atoms with Gasteiger partial charge < -0.3 is 4.48 Å². The zero-order valence-electron chi connectivity index (χ0n) is 9.97. The van der Waals surface area contributed by atoms with Crippen molar-refractivity contribution in [3.8, 4) is 0 Å². The van der Waals surface area contributed by atoms with Gasteiger partial charge in [0, 0.05) is 20.5 Å². The first-order valence-corrected chi connectivity index (χ1v) is 5.21. The van der Waals surface area contributed by atoms with E-state index in [9.17, 15) is 4.79 Å². The van der Waals surface area contributed by atoms with Crippen LogP contribution in [-0.4, -0.2) is 30.9 Å². The Morgan fingerprint density at radius 3 is 2.36 bits per heavy atom. The van der Waals surface area contributed by atoms with E-state index < -0.39 is 0 Å². The van der Waals surface area contributed by atoms with E-state index in [-0.39, 0.29) is 5.78 Å². The van der Waals surface area contributed by atoms with E-state index in [1.165, 1.54) is 0 Å². The van der Waals surface area contributed by atoms with Crippen LogP contribution in [0.1, 0.15) is 33.1 Å².